The van der Waals surface area contributed by atoms with Gasteiger partial charge in [-0.1, -0.05) is 0 Å². The number of hydrogen-bond donors (Lipinski definition) is 3. The zero-order chi connectivity index (χ0) is 14.4. The number of carbonyl (C=O) groups is 2. The summed E-state index contributed by atoms with van der Waals surface area (Å²) in [6, 6.07) is -0.416. The van der Waals surface area contributed by atoms with E-state index in [1.54, 1.807) is 6.92 Å². The SMILES string of the molecule is C#CCCCNC(=O)Nc1sc(C)c(C)c1C(=O)O. The second-order valence-corrected chi connectivity index (χ2v) is 5.21. The maximum atomic E-state index is 11.6. The summed E-state index contributed by atoms with van der Waals surface area (Å²) in [5, 5.41) is 14.7. The number of carbonyl (C=O) groups excluding carboxylic acids is 1. The molecule has 5 nitrogen and oxygen atoms in total. The predicted octanol–water partition coefficient (Wildman–Crippen LogP) is 2.60. The highest BCUT2D eigenvalue weighted by atomic mass is 32.1. The van der Waals surface area contributed by atoms with E-state index >= 15 is 0 Å². The lowest BCUT2D eigenvalue weighted by Gasteiger charge is -2.06. The van der Waals surface area contributed by atoms with Crippen LogP contribution in [0.4, 0.5) is 9.80 Å². The molecule has 0 aliphatic rings. The summed E-state index contributed by atoms with van der Waals surface area (Å²) in [6.07, 6.45) is 6.39. The Morgan fingerprint density at radius 2 is 2.11 bits per heavy atom. The zero-order valence-corrected chi connectivity index (χ0v) is 11.7. The lowest BCUT2D eigenvalue weighted by atomic mass is 10.1. The molecule has 3 N–H and O–H groups in total. The molecule has 1 rings (SSSR count). The Morgan fingerprint density at radius 1 is 1.42 bits per heavy atom. The van der Waals surface area contributed by atoms with Gasteiger partial charge in [0.25, 0.3) is 0 Å². The van der Waals surface area contributed by atoms with Gasteiger partial charge in [-0.25, -0.2) is 9.59 Å². The van der Waals surface area contributed by atoms with Crippen molar-refractivity contribution in [3.8, 4) is 12.3 Å². The number of aromatic carboxylic acids is 1. The Hall–Kier alpha value is -2.00. The van der Waals surface area contributed by atoms with E-state index in [0.29, 0.717) is 30.0 Å². The normalized spacial score (nSPS) is 9.74. The van der Waals surface area contributed by atoms with Crippen molar-refractivity contribution in [2.75, 3.05) is 11.9 Å². The number of amides is 2. The Balaban J connectivity index is 2.67. The van der Waals surface area contributed by atoms with Gasteiger partial charge in [0, 0.05) is 17.8 Å². The zero-order valence-electron chi connectivity index (χ0n) is 10.9. The van der Waals surface area contributed by atoms with Crippen molar-refractivity contribution < 1.29 is 14.7 Å². The lowest BCUT2D eigenvalue weighted by Crippen LogP contribution is -2.29. The monoisotopic (exact) mass is 280 g/mol. The maximum Gasteiger partial charge on any atom is 0.338 e. The second kappa shape index (κ2) is 6.81. The molecule has 102 valence electrons. The summed E-state index contributed by atoms with van der Waals surface area (Å²) in [7, 11) is 0. The molecule has 2 amide bonds. The fraction of sp³-hybridized carbons (Fsp3) is 0.385. The first-order valence-electron chi connectivity index (χ1n) is 5.79. The number of carboxylic acid groups (broad SMARTS) is 1. The highest BCUT2D eigenvalue weighted by molar-refractivity contribution is 7.16. The molecule has 0 fully saturated rings. The van der Waals surface area contributed by atoms with E-state index in [-0.39, 0.29) is 5.56 Å². The molecule has 0 saturated carbocycles. The van der Waals surface area contributed by atoms with Gasteiger partial charge in [0.15, 0.2) is 0 Å². The van der Waals surface area contributed by atoms with E-state index in [9.17, 15) is 9.59 Å². The molecule has 0 bridgehead atoms. The number of terminal acetylenes is 1. The van der Waals surface area contributed by atoms with E-state index in [0.717, 1.165) is 4.88 Å². The van der Waals surface area contributed by atoms with Gasteiger partial charge in [-0.05, 0) is 25.8 Å². The van der Waals surface area contributed by atoms with E-state index < -0.39 is 12.0 Å². The first kappa shape index (κ1) is 15.1. The number of thiophene rings is 1. The van der Waals surface area contributed by atoms with Crippen LogP contribution in [0.25, 0.3) is 0 Å². The predicted molar refractivity (Wildman–Crippen MR) is 75.8 cm³/mol. The van der Waals surface area contributed by atoms with Crippen LogP contribution in [0.2, 0.25) is 0 Å². The number of hydrogen-bond acceptors (Lipinski definition) is 3. The third-order valence-corrected chi connectivity index (χ3v) is 3.73. The molecule has 0 aliphatic carbocycles. The molecule has 0 atom stereocenters. The van der Waals surface area contributed by atoms with Crippen LogP contribution >= 0.6 is 11.3 Å². The Labute approximate surface area is 116 Å². The van der Waals surface area contributed by atoms with Crippen molar-refractivity contribution in [2.45, 2.75) is 26.7 Å². The van der Waals surface area contributed by atoms with Gasteiger partial charge in [0.1, 0.15) is 5.00 Å². The summed E-state index contributed by atoms with van der Waals surface area (Å²) in [4.78, 5) is 23.6. The van der Waals surface area contributed by atoms with Gasteiger partial charge in [-0.2, -0.15) is 0 Å². The summed E-state index contributed by atoms with van der Waals surface area (Å²) in [5.41, 5.74) is 0.835. The third kappa shape index (κ3) is 4.00. The first-order valence-corrected chi connectivity index (χ1v) is 6.60. The van der Waals surface area contributed by atoms with Crippen LogP contribution in [-0.4, -0.2) is 23.7 Å². The van der Waals surface area contributed by atoms with Gasteiger partial charge in [0.2, 0.25) is 0 Å². The third-order valence-electron chi connectivity index (χ3n) is 2.61. The summed E-state index contributed by atoms with van der Waals surface area (Å²) in [6.45, 7) is 4.01. The largest absolute Gasteiger partial charge is 0.478 e. The summed E-state index contributed by atoms with van der Waals surface area (Å²) < 4.78 is 0. The van der Waals surface area contributed by atoms with Crippen molar-refractivity contribution in [1.82, 2.24) is 5.32 Å². The minimum atomic E-state index is -1.04. The molecule has 0 saturated heterocycles. The Morgan fingerprint density at radius 3 is 2.68 bits per heavy atom. The minimum Gasteiger partial charge on any atom is -0.478 e. The van der Waals surface area contributed by atoms with Gasteiger partial charge < -0.3 is 10.4 Å². The van der Waals surface area contributed by atoms with E-state index in [1.165, 1.54) is 11.3 Å². The highest BCUT2D eigenvalue weighted by Crippen LogP contribution is 2.32. The number of rotatable bonds is 5. The lowest BCUT2D eigenvalue weighted by molar-refractivity contribution is 0.0697. The van der Waals surface area contributed by atoms with Gasteiger partial charge in [0.05, 0.1) is 5.56 Å². The van der Waals surface area contributed by atoms with Crippen LogP contribution in [0.5, 0.6) is 0 Å². The molecule has 6 heteroatoms. The van der Waals surface area contributed by atoms with E-state index in [2.05, 4.69) is 16.6 Å². The smallest absolute Gasteiger partial charge is 0.338 e. The summed E-state index contributed by atoms with van der Waals surface area (Å²) >= 11 is 1.26. The van der Waals surface area contributed by atoms with Crippen molar-refractivity contribution in [3.05, 3.63) is 16.0 Å². The molecule has 0 aromatic carbocycles. The quantitative estimate of drug-likeness (QED) is 0.573. The summed E-state index contributed by atoms with van der Waals surface area (Å²) in [5.74, 6) is 1.44. The van der Waals surface area contributed by atoms with Crippen LogP contribution in [0, 0.1) is 26.2 Å². The molecule has 19 heavy (non-hydrogen) atoms. The number of urea groups is 1. The number of anilines is 1. The fourth-order valence-corrected chi connectivity index (χ4v) is 2.56. The van der Waals surface area contributed by atoms with Gasteiger partial charge in [-0.3, -0.25) is 5.32 Å². The molecule has 0 spiro atoms. The van der Waals surface area contributed by atoms with Crippen molar-refractivity contribution in [1.29, 1.82) is 0 Å². The van der Waals surface area contributed by atoms with E-state index in [1.807, 2.05) is 6.92 Å². The van der Waals surface area contributed by atoms with Crippen LogP contribution in [0.1, 0.15) is 33.6 Å². The average Bonchev–Trinajstić information content (AvgIpc) is 2.60. The second-order valence-electron chi connectivity index (χ2n) is 3.98. The number of unbranched alkanes of at least 4 members (excludes halogenated alkanes) is 1. The molecular formula is C13H16N2O3S. The molecular weight excluding hydrogens is 264 g/mol. The van der Waals surface area contributed by atoms with Crippen LogP contribution in [-0.2, 0) is 0 Å². The molecule has 1 aromatic heterocycles. The molecule has 1 aromatic rings. The first-order chi connectivity index (χ1) is 8.97. The van der Waals surface area contributed by atoms with E-state index in [4.69, 9.17) is 11.5 Å². The molecule has 1 heterocycles. The highest BCUT2D eigenvalue weighted by Gasteiger charge is 2.19. The van der Waals surface area contributed by atoms with Gasteiger partial charge in [-0.15, -0.1) is 23.7 Å². The molecule has 0 radical (unpaired) electrons. The molecule has 0 unspecified atom stereocenters. The Bertz CT molecular complexity index is 529. The Kier molecular flexibility index (Phi) is 5.39. The average molecular weight is 280 g/mol. The van der Waals surface area contributed by atoms with Crippen molar-refractivity contribution >= 4 is 28.3 Å². The van der Waals surface area contributed by atoms with Crippen LogP contribution in [0.3, 0.4) is 0 Å². The number of carboxylic acids is 1. The van der Waals surface area contributed by atoms with Crippen molar-refractivity contribution in [3.63, 3.8) is 0 Å². The molecule has 0 aliphatic heterocycles. The van der Waals surface area contributed by atoms with Crippen LogP contribution in [0.15, 0.2) is 0 Å². The fourth-order valence-electron chi connectivity index (χ4n) is 1.51. The maximum absolute atomic E-state index is 11.6. The standard InChI is InChI=1S/C13H16N2O3S/c1-4-5-6-7-14-13(18)15-11-10(12(16)17)8(2)9(3)19-11/h1H,5-7H2,2-3H3,(H,16,17)(H2,14,15,18). The minimum absolute atomic E-state index is 0.154. The number of nitrogens with one attached hydrogen (secondary N) is 2. The van der Waals surface area contributed by atoms with Crippen molar-refractivity contribution in [2.24, 2.45) is 0 Å². The number of aryl methyl sites for hydroxylation is 1. The topological polar surface area (TPSA) is 78.4 Å². The van der Waals surface area contributed by atoms with Gasteiger partial charge >= 0.3 is 12.0 Å². The van der Waals surface area contributed by atoms with Crippen LogP contribution < -0.4 is 10.6 Å².